The third kappa shape index (κ3) is 101. The molecule has 0 heterocycles. The van der Waals surface area contributed by atoms with Crippen LogP contribution in [0.3, 0.4) is 0 Å². The molecule has 0 rings (SSSR count). The molecule has 0 unspecified atom stereocenters. The van der Waals surface area contributed by atoms with Crippen LogP contribution in [0.4, 0.5) is 0 Å². The van der Waals surface area contributed by atoms with Gasteiger partial charge >= 0.3 is 0 Å². The Hall–Kier alpha value is -0.990. The summed E-state index contributed by atoms with van der Waals surface area (Å²) in [7, 11) is 5.01. The van der Waals surface area contributed by atoms with Crippen molar-refractivity contribution in [3.05, 3.63) is 0 Å². The first-order chi connectivity index (χ1) is 7.91. The number of halogens is 2. The largest absolute Gasteiger partial charge is 0.359 e. The number of alkyl halides is 2. The normalized spacial score (nSPS) is 6.24. The molecule has 102 valence electrons. The van der Waals surface area contributed by atoms with Crippen molar-refractivity contribution < 1.29 is 9.59 Å². The van der Waals surface area contributed by atoms with Gasteiger partial charge < -0.3 is 10.2 Å². The van der Waals surface area contributed by atoms with Crippen LogP contribution in [0.1, 0.15) is 20.3 Å². The van der Waals surface area contributed by atoms with Crippen LogP contribution in [0.15, 0.2) is 0 Å². The van der Waals surface area contributed by atoms with Crippen molar-refractivity contribution in [2.75, 3.05) is 26.5 Å². The van der Waals surface area contributed by atoms with E-state index in [0.29, 0.717) is 6.42 Å². The lowest BCUT2D eigenvalue weighted by molar-refractivity contribution is -0.120. The molecule has 5 nitrogen and oxygen atoms in total. The highest BCUT2D eigenvalue weighted by Crippen LogP contribution is 1.73. The van der Waals surface area contributed by atoms with Gasteiger partial charge in [0.15, 0.2) is 0 Å². The Balaban J connectivity index is -0.0000000698. The fourth-order valence-electron chi connectivity index (χ4n) is 0.177. The van der Waals surface area contributed by atoms with Crippen LogP contribution in [0.2, 0.25) is 0 Å². The van der Waals surface area contributed by atoms with Crippen molar-refractivity contribution in [2.24, 2.45) is 0 Å². The van der Waals surface area contributed by atoms with Crippen LogP contribution in [-0.4, -0.2) is 43.7 Å². The molecule has 0 bridgehead atoms. The molecule has 0 aliphatic heterocycles. The van der Waals surface area contributed by atoms with E-state index in [0.717, 1.165) is 6.41 Å². The Kier molecular flexibility index (Phi) is 43.3. The fraction of sp³-hybridized carbons (Fsp3) is 0.700. The minimum absolute atomic E-state index is 0.0926. The summed E-state index contributed by atoms with van der Waals surface area (Å²) < 4.78 is 0. The van der Waals surface area contributed by atoms with Crippen LogP contribution in [0.25, 0.3) is 0 Å². The quantitative estimate of drug-likeness (QED) is 0.621. The summed E-state index contributed by atoms with van der Waals surface area (Å²) in [5.74, 6) is 0.0926. The van der Waals surface area contributed by atoms with Gasteiger partial charge in [-0.3, -0.25) is 9.59 Å². The van der Waals surface area contributed by atoms with Crippen LogP contribution in [0.5, 0.6) is 0 Å². The minimum atomic E-state index is 0.0926. The van der Waals surface area contributed by atoms with Crippen LogP contribution in [-0.2, 0) is 9.59 Å². The van der Waals surface area contributed by atoms with E-state index in [1.165, 1.54) is 11.8 Å². The molecule has 0 aromatic carbocycles. The van der Waals surface area contributed by atoms with Gasteiger partial charge in [-0.25, -0.2) is 0 Å². The molecule has 0 saturated carbocycles. The highest BCUT2D eigenvalue weighted by Gasteiger charge is 1.84. The maximum atomic E-state index is 10.1. The Morgan fingerprint density at radius 3 is 1.71 bits per heavy atom. The van der Waals surface area contributed by atoms with Crippen molar-refractivity contribution in [1.82, 2.24) is 10.2 Å². The van der Waals surface area contributed by atoms with E-state index in [9.17, 15) is 9.59 Å². The number of hydrogen-bond acceptors (Lipinski definition) is 3. The number of hydrogen-bond donors (Lipinski definition) is 1. The lowest BCUT2D eigenvalue weighted by atomic mass is 10.5. The lowest BCUT2D eigenvalue weighted by Crippen LogP contribution is -2.15. The smallest absolute Gasteiger partial charge is 0.219 e. The average Bonchev–Trinajstić information content (AvgIpc) is 2.30. The van der Waals surface area contributed by atoms with E-state index in [1.54, 1.807) is 27.2 Å². The number of amides is 2. The van der Waals surface area contributed by atoms with Gasteiger partial charge in [-0.15, -0.1) is 23.2 Å². The third-order valence-electron chi connectivity index (χ3n) is 0.811. The number of rotatable bonds is 2. The predicted molar refractivity (Wildman–Crippen MR) is 72.0 cm³/mol. The molecule has 0 radical (unpaired) electrons. The maximum Gasteiger partial charge on any atom is 0.219 e. The average molecular weight is 286 g/mol. The van der Waals surface area contributed by atoms with E-state index in [4.69, 9.17) is 28.5 Å². The lowest BCUT2D eigenvalue weighted by Gasteiger charge is -1.93. The molecule has 2 amide bonds. The summed E-state index contributed by atoms with van der Waals surface area (Å²) in [4.78, 5) is 20.9. The highest BCUT2D eigenvalue weighted by molar-refractivity contribution is 6.40. The van der Waals surface area contributed by atoms with Gasteiger partial charge in [0.05, 0.1) is 11.4 Å². The van der Waals surface area contributed by atoms with Gasteiger partial charge in [0.1, 0.15) is 0 Å². The summed E-state index contributed by atoms with van der Waals surface area (Å²) in [6.07, 6.45) is 1.33. The Labute approximate surface area is 114 Å². The zero-order valence-electron chi connectivity index (χ0n) is 11.0. The Morgan fingerprint density at radius 2 is 1.71 bits per heavy atom. The van der Waals surface area contributed by atoms with Gasteiger partial charge in [0.25, 0.3) is 0 Å². The second kappa shape index (κ2) is 29.4. The monoisotopic (exact) mass is 285 g/mol. The highest BCUT2D eigenvalue weighted by atomic mass is 35.5. The van der Waals surface area contributed by atoms with Gasteiger partial charge in [0.2, 0.25) is 12.3 Å². The second-order valence-corrected chi connectivity index (χ2v) is 3.23. The van der Waals surface area contributed by atoms with Crippen LogP contribution in [0, 0.1) is 11.3 Å². The standard InChI is InChI=1S/C4H9NO.C3H7NO.C2H3N.CH2Cl2/c1-3-4(6)5-2;1-4(2)3-5;1-2-3;2-1-3/h3H2,1-2H3,(H,5,6);3H,1-2H3;1H3;1H2. The molecule has 0 spiro atoms. The van der Waals surface area contributed by atoms with Gasteiger partial charge in [-0.2, -0.15) is 5.26 Å². The van der Waals surface area contributed by atoms with Crippen LogP contribution < -0.4 is 5.32 Å². The van der Waals surface area contributed by atoms with Crippen molar-refractivity contribution in [2.45, 2.75) is 20.3 Å². The topological polar surface area (TPSA) is 73.2 Å². The van der Waals surface area contributed by atoms with E-state index in [1.807, 2.05) is 6.92 Å². The summed E-state index contributed by atoms with van der Waals surface area (Å²) in [5, 5.41) is 9.99. The van der Waals surface area contributed by atoms with Gasteiger partial charge in [-0.05, 0) is 0 Å². The predicted octanol–water partition coefficient (Wildman–Crippen LogP) is 1.80. The number of nitriles is 1. The number of nitrogens with one attached hydrogen (secondary N) is 1. The maximum absolute atomic E-state index is 10.1. The molecule has 7 heteroatoms. The van der Waals surface area contributed by atoms with Crippen LogP contribution >= 0.6 is 23.2 Å². The molecular formula is C10H21Cl2N3O2. The number of carbonyl (C=O) groups excluding carboxylic acids is 2. The Morgan fingerprint density at radius 1 is 1.47 bits per heavy atom. The minimum Gasteiger partial charge on any atom is -0.359 e. The SMILES string of the molecule is CC#N.CCC(=O)NC.CN(C)C=O.ClCCl. The second-order valence-electron chi connectivity index (χ2n) is 2.42. The van der Waals surface area contributed by atoms with Crippen molar-refractivity contribution in [1.29, 1.82) is 5.26 Å². The summed E-state index contributed by atoms with van der Waals surface area (Å²) >= 11 is 9.53. The summed E-state index contributed by atoms with van der Waals surface area (Å²) in [6, 6.07) is 1.75. The molecular weight excluding hydrogens is 265 g/mol. The first-order valence-corrected chi connectivity index (χ1v) is 5.73. The molecule has 0 aromatic heterocycles. The summed E-state index contributed by atoms with van der Waals surface area (Å²) in [5.41, 5.74) is 0. The molecule has 0 aliphatic rings. The van der Waals surface area contributed by atoms with Gasteiger partial charge in [0, 0.05) is 34.5 Å². The first kappa shape index (κ1) is 25.0. The molecule has 0 aliphatic carbocycles. The van der Waals surface area contributed by atoms with E-state index < -0.39 is 0 Å². The van der Waals surface area contributed by atoms with Gasteiger partial charge in [-0.1, -0.05) is 6.92 Å². The van der Waals surface area contributed by atoms with Crippen molar-refractivity contribution >= 4 is 35.5 Å². The molecule has 0 atom stereocenters. The van der Waals surface area contributed by atoms with E-state index >= 15 is 0 Å². The molecule has 0 fully saturated rings. The Bertz CT molecular complexity index is 188. The molecule has 0 saturated heterocycles. The number of carbonyl (C=O) groups is 2. The number of nitrogens with zero attached hydrogens (tertiary/aromatic N) is 2. The zero-order valence-corrected chi connectivity index (χ0v) is 12.5. The summed E-state index contributed by atoms with van der Waals surface area (Å²) in [6.45, 7) is 3.25. The fourth-order valence-corrected chi connectivity index (χ4v) is 0.177. The molecule has 0 aromatic rings. The van der Waals surface area contributed by atoms with Crippen molar-refractivity contribution in [3.63, 3.8) is 0 Å². The first-order valence-electron chi connectivity index (χ1n) is 4.66. The van der Waals surface area contributed by atoms with E-state index in [2.05, 4.69) is 5.32 Å². The zero-order chi connectivity index (χ0) is 14.7. The third-order valence-corrected chi connectivity index (χ3v) is 0.811. The molecule has 17 heavy (non-hydrogen) atoms. The van der Waals surface area contributed by atoms with E-state index in [-0.39, 0.29) is 11.2 Å². The van der Waals surface area contributed by atoms with Crippen molar-refractivity contribution in [3.8, 4) is 6.07 Å². The molecule has 1 N–H and O–H groups in total.